The Kier molecular flexibility index (Phi) is 4.70. The van der Waals surface area contributed by atoms with Gasteiger partial charge in [-0.1, -0.05) is 17.7 Å². The number of hydrogen-bond acceptors (Lipinski definition) is 2. The first-order valence-corrected chi connectivity index (χ1v) is 7.52. The number of halogens is 2. The minimum Gasteiger partial charge on any atom is -0.481 e. The Labute approximate surface area is 130 Å². The summed E-state index contributed by atoms with van der Waals surface area (Å²) in [6, 6.07) is 4.82. The average Bonchev–Trinajstić information content (AvgIpc) is 2.54. The molecule has 1 saturated heterocycles. The van der Waals surface area contributed by atoms with Crippen molar-refractivity contribution in [3.05, 3.63) is 33.3 Å². The van der Waals surface area contributed by atoms with Gasteiger partial charge in [0.05, 0.1) is 17.0 Å². The molecule has 1 aliphatic rings. The molecule has 1 aliphatic heterocycles. The van der Waals surface area contributed by atoms with Crippen LogP contribution in [0.5, 0.6) is 0 Å². The van der Waals surface area contributed by atoms with Crippen molar-refractivity contribution in [1.82, 2.24) is 4.90 Å². The molecule has 0 aromatic heterocycles. The Balaban J connectivity index is 2.47. The summed E-state index contributed by atoms with van der Waals surface area (Å²) in [4.78, 5) is 25.1. The number of carboxylic acids is 1. The number of carbonyl (C=O) groups excluding carboxylic acids is 1. The molecule has 6 heteroatoms. The predicted molar refractivity (Wildman–Crippen MR) is 79.6 cm³/mol. The summed E-state index contributed by atoms with van der Waals surface area (Å²) in [5, 5.41) is 10.0. The summed E-state index contributed by atoms with van der Waals surface area (Å²) in [6.45, 7) is 0. The van der Waals surface area contributed by atoms with Crippen molar-refractivity contribution in [1.29, 1.82) is 0 Å². The van der Waals surface area contributed by atoms with Crippen molar-refractivity contribution < 1.29 is 14.7 Å². The van der Waals surface area contributed by atoms with Crippen LogP contribution < -0.4 is 0 Å². The average molecular weight is 361 g/mol. The lowest BCUT2D eigenvalue weighted by Gasteiger charge is -2.31. The molecule has 20 heavy (non-hydrogen) atoms. The lowest BCUT2D eigenvalue weighted by atomic mass is 9.89. The number of aliphatic carboxylic acids is 1. The number of amides is 1. The molecule has 0 spiro atoms. The van der Waals surface area contributed by atoms with Gasteiger partial charge in [0.15, 0.2) is 0 Å². The normalized spacial score (nSPS) is 23.6. The molecule has 0 bridgehead atoms. The molecule has 0 aliphatic carbocycles. The number of rotatable bonds is 2. The van der Waals surface area contributed by atoms with Crippen molar-refractivity contribution in [3.63, 3.8) is 0 Å². The number of hydrogen-bond donors (Lipinski definition) is 1. The number of carbonyl (C=O) groups is 2. The molecule has 1 amide bonds. The van der Waals surface area contributed by atoms with E-state index in [1.807, 2.05) is 0 Å². The van der Waals surface area contributed by atoms with E-state index in [2.05, 4.69) is 15.9 Å². The van der Waals surface area contributed by atoms with Gasteiger partial charge >= 0.3 is 5.97 Å². The zero-order chi connectivity index (χ0) is 14.9. The van der Waals surface area contributed by atoms with Gasteiger partial charge in [0, 0.05) is 17.9 Å². The highest BCUT2D eigenvalue weighted by Gasteiger charge is 2.36. The van der Waals surface area contributed by atoms with Crippen LogP contribution in [0.25, 0.3) is 0 Å². The van der Waals surface area contributed by atoms with E-state index < -0.39 is 17.9 Å². The third-order valence-corrected chi connectivity index (χ3v) is 4.91. The van der Waals surface area contributed by atoms with Crippen molar-refractivity contribution in [2.45, 2.75) is 25.3 Å². The van der Waals surface area contributed by atoms with Gasteiger partial charge in [-0.25, -0.2) is 0 Å². The summed E-state index contributed by atoms with van der Waals surface area (Å²) in [5.74, 6) is -1.49. The fourth-order valence-corrected chi connectivity index (χ4v) is 3.16. The Morgan fingerprint density at radius 1 is 1.50 bits per heavy atom. The Morgan fingerprint density at radius 2 is 2.20 bits per heavy atom. The minimum atomic E-state index is -0.873. The highest BCUT2D eigenvalue weighted by molar-refractivity contribution is 9.10. The van der Waals surface area contributed by atoms with Gasteiger partial charge in [-0.2, -0.15) is 0 Å². The summed E-state index contributed by atoms with van der Waals surface area (Å²) in [6.07, 6.45) is 1.49. The van der Waals surface area contributed by atoms with E-state index in [0.29, 0.717) is 28.8 Å². The number of nitrogens with zero attached hydrogens (tertiary/aromatic N) is 1. The quantitative estimate of drug-likeness (QED) is 0.878. The van der Waals surface area contributed by atoms with Crippen LogP contribution in [0.15, 0.2) is 22.7 Å². The van der Waals surface area contributed by atoms with Crippen molar-refractivity contribution in [2.24, 2.45) is 5.92 Å². The molecule has 0 saturated carbocycles. The van der Waals surface area contributed by atoms with E-state index in [1.54, 1.807) is 30.1 Å². The molecule has 2 unspecified atom stereocenters. The van der Waals surface area contributed by atoms with E-state index in [0.717, 1.165) is 5.56 Å². The van der Waals surface area contributed by atoms with Crippen LogP contribution in [0.1, 0.15) is 30.9 Å². The zero-order valence-corrected chi connectivity index (χ0v) is 13.3. The molecule has 2 atom stereocenters. The monoisotopic (exact) mass is 359 g/mol. The molecule has 4 nitrogen and oxygen atoms in total. The van der Waals surface area contributed by atoms with Gasteiger partial charge < -0.3 is 10.0 Å². The van der Waals surface area contributed by atoms with E-state index in [9.17, 15) is 14.7 Å². The maximum atomic E-state index is 12.0. The van der Waals surface area contributed by atoms with Crippen LogP contribution in [0, 0.1) is 5.92 Å². The van der Waals surface area contributed by atoms with Crippen LogP contribution in [0.4, 0.5) is 0 Å². The first-order valence-electron chi connectivity index (χ1n) is 6.35. The fraction of sp³-hybridized carbons (Fsp3) is 0.429. The largest absolute Gasteiger partial charge is 0.481 e. The van der Waals surface area contributed by atoms with Crippen LogP contribution in [-0.2, 0) is 9.59 Å². The smallest absolute Gasteiger partial charge is 0.308 e. The molecule has 1 aromatic carbocycles. The topological polar surface area (TPSA) is 57.6 Å². The minimum absolute atomic E-state index is 0.0233. The highest BCUT2D eigenvalue weighted by Crippen LogP contribution is 2.37. The molecule has 1 N–H and O–H groups in total. The van der Waals surface area contributed by atoms with Gasteiger partial charge in [0.1, 0.15) is 0 Å². The maximum Gasteiger partial charge on any atom is 0.308 e. The van der Waals surface area contributed by atoms with Crippen LogP contribution >= 0.6 is 27.5 Å². The lowest BCUT2D eigenvalue weighted by Crippen LogP contribution is -2.36. The van der Waals surface area contributed by atoms with Crippen LogP contribution in [-0.4, -0.2) is 28.9 Å². The molecule has 1 fully saturated rings. The molecular weight excluding hydrogens is 346 g/mol. The van der Waals surface area contributed by atoms with Gasteiger partial charge in [-0.15, -0.1) is 0 Å². The molecule has 2 rings (SSSR count). The van der Waals surface area contributed by atoms with Crippen LogP contribution in [0.3, 0.4) is 0 Å². The molecule has 108 valence electrons. The van der Waals surface area contributed by atoms with Crippen molar-refractivity contribution in [3.8, 4) is 0 Å². The van der Waals surface area contributed by atoms with E-state index in [-0.39, 0.29) is 5.91 Å². The molecule has 1 aromatic rings. The fourth-order valence-electron chi connectivity index (χ4n) is 2.64. The first-order chi connectivity index (χ1) is 9.41. The van der Waals surface area contributed by atoms with E-state index in [4.69, 9.17) is 11.6 Å². The van der Waals surface area contributed by atoms with Gasteiger partial charge in [0.2, 0.25) is 5.91 Å². The second-order valence-corrected chi connectivity index (χ2v) is 6.22. The highest BCUT2D eigenvalue weighted by atomic mass is 79.9. The van der Waals surface area contributed by atoms with Crippen molar-refractivity contribution in [2.75, 3.05) is 7.05 Å². The second-order valence-electron chi connectivity index (χ2n) is 4.96. The lowest BCUT2D eigenvalue weighted by molar-refractivity contribution is -0.145. The predicted octanol–water partition coefficient (Wildman–Crippen LogP) is 3.49. The third-order valence-electron chi connectivity index (χ3n) is 3.70. The van der Waals surface area contributed by atoms with Gasteiger partial charge in [-0.05, 0) is 46.5 Å². The number of benzene rings is 1. The standard InChI is InChI=1S/C14H15BrClNO3/c1-17-12(18)4-2-3-9(14(19)20)13(17)8-5-6-11(16)10(15)7-8/h5-7,9,13H,2-4H2,1H3,(H,19,20). The van der Waals surface area contributed by atoms with Crippen LogP contribution in [0.2, 0.25) is 5.02 Å². The number of likely N-dealkylation sites (tertiary alicyclic amines) is 1. The summed E-state index contributed by atoms with van der Waals surface area (Å²) >= 11 is 9.31. The summed E-state index contributed by atoms with van der Waals surface area (Å²) in [5.41, 5.74) is 0.784. The zero-order valence-electron chi connectivity index (χ0n) is 11.0. The summed E-state index contributed by atoms with van der Waals surface area (Å²) < 4.78 is 0.700. The van der Waals surface area contributed by atoms with Crippen molar-refractivity contribution >= 4 is 39.4 Å². The summed E-state index contributed by atoms with van der Waals surface area (Å²) in [7, 11) is 1.66. The van der Waals surface area contributed by atoms with E-state index in [1.165, 1.54) is 0 Å². The third kappa shape index (κ3) is 2.99. The Hall–Kier alpha value is -1.07. The Bertz CT molecular complexity index is 549. The Morgan fingerprint density at radius 3 is 2.80 bits per heavy atom. The van der Waals surface area contributed by atoms with E-state index >= 15 is 0 Å². The molecular formula is C14H15BrClNO3. The second kappa shape index (κ2) is 6.14. The maximum absolute atomic E-state index is 12.0. The first kappa shape index (κ1) is 15.3. The number of carboxylic acid groups (broad SMARTS) is 1. The molecule has 0 radical (unpaired) electrons. The molecule has 1 heterocycles. The SMILES string of the molecule is CN1C(=O)CCCC(C(=O)O)C1c1ccc(Cl)c(Br)c1. The van der Waals surface area contributed by atoms with Gasteiger partial charge in [0.25, 0.3) is 0 Å². The van der Waals surface area contributed by atoms with Gasteiger partial charge in [-0.3, -0.25) is 9.59 Å².